The SMILES string of the molecule is O=C(CC1CCc2sccc2C1=O)NC12CCC(C(=O)O)(CC1)CC2. The van der Waals surface area contributed by atoms with Gasteiger partial charge >= 0.3 is 5.97 Å². The molecule has 1 aromatic heterocycles. The molecule has 0 spiro atoms. The smallest absolute Gasteiger partial charge is 0.309 e. The average molecular weight is 361 g/mol. The second kappa shape index (κ2) is 5.94. The summed E-state index contributed by atoms with van der Waals surface area (Å²) in [4.78, 5) is 37.8. The van der Waals surface area contributed by atoms with Crippen LogP contribution < -0.4 is 5.32 Å². The van der Waals surface area contributed by atoms with Gasteiger partial charge in [-0.2, -0.15) is 0 Å². The zero-order valence-electron chi connectivity index (χ0n) is 14.2. The summed E-state index contributed by atoms with van der Waals surface area (Å²) in [5.74, 6) is -0.857. The normalized spacial score (nSPS) is 33.8. The van der Waals surface area contributed by atoms with Gasteiger partial charge in [0, 0.05) is 28.3 Å². The molecule has 2 N–H and O–H groups in total. The molecule has 6 heteroatoms. The van der Waals surface area contributed by atoms with Crippen LogP contribution in [0.2, 0.25) is 0 Å². The van der Waals surface area contributed by atoms with Crippen molar-refractivity contribution in [1.29, 1.82) is 0 Å². The molecular weight excluding hydrogens is 338 g/mol. The molecule has 1 heterocycles. The molecule has 4 aliphatic carbocycles. The maximum absolute atomic E-state index is 12.6. The van der Waals surface area contributed by atoms with Crippen molar-refractivity contribution in [2.75, 3.05) is 0 Å². The Morgan fingerprint density at radius 3 is 2.52 bits per heavy atom. The van der Waals surface area contributed by atoms with Crippen LogP contribution in [-0.2, 0) is 16.0 Å². The number of hydrogen-bond acceptors (Lipinski definition) is 4. The van der Waals surface area contributed by atoms with E-state index in [1.165, 1.54) is 0 Å². The molecular formula is C19H23NO4S. The number of thiophene rings is 1. The van der Waals surface area contributed by atoms with Gasteiger partial charge in [0.2, 0.25) is 5.91 Å². The van der Waals surface area contributed by atoms with Crippen LogP contribution in [0.15, 0.2) is 11.4 Å². The first-order chi connectivity index (χ1) is 11.9. The van der Waals surface area contributed by atoms with Crippen molar-refractivity contribution >= 4 is 29.0 Å². The third-order valence-corrected chi connectivity index (χ3v) is 7.62. The Morgan fingerprint density at radius 1 is 1.20 bits per heavy atom. The van der Waals surface area contributed by atoms with Crippen molar-refractivity contribution in [3.05, 3.63) is 21.9 Å². The van der Waals surface area contributed by atoms with Crippen LogP contribution >= 0.6 is 11.3 Å². The maximum Gasteiger partial charge on any atom is 0.309 e. The van der Waals surface area contributed by atoms with E-state index >= 15 is 0 Å². The summed E-state index contributed by atoms with van der Waals surface area (Å²) >= 11 is 1.62. The predicted octanol–water partition coefficient (Wildman–Crippen LogP) is 3.18. The molecule has 2 bridgehead atoms. The van der Waals surface area contributed by atoms with Crippen molar-refractivity contribution in [3.63, 3.8) is 0 Å². The Bertz CT molecular complexity index is 713. The van der Waals surface area contributed by atoms with E-state index < -0.39 is 11.4 Å². The van der Waals surface area contributed by atoms with E-state index in [1.807, 2.05) is 11.4 Å². The number of amides is 1. The molecule has 5 nitrogen and oxygen atoms in total. The summed E-state index contributed by atoms with van der Waals surface area (Å²) in [5.41, 5.74) is -0.0189. The second-order valence-electron chi connectivity index (χ2n) is 7.98. The average Bonchev–Trinajstić information content (AvgIpc) is 3.08. The monoisotopic (exact) mass is 361 g/mol. The number of carbonyl (C=O) groups is 3. The molecule has 4 aliphatic rings. The highest BCUT2D eigenvalue weighted by Crippen LogP contribution is 2.52. The van der Waals surface area contributed by atoms with Gasteiger partial charge in [-0.05, 0) is 62.8 Å². The summed E-state index contributed by atoms with van der Waals surface area (Å²) in [7, 11) is 0. The van der Waals surface area contributed by atoms with Crippen molar-refractivity contribution in [3.8, 4) is 0 Å². The van der Waals surface area contributed by atoms with Crippen LogP contribution in [0.4, 0.5) is 0 Å². The lowest BCUT2D eigenvalue weighted by Crippen LogP contribution is -2.58. The highest BCUT2D eigenvalue weighted by atomic mass is 32.1. The van der Waals surface area contributed by atoms with E-state index in [0.717, 1.165) is 42.5 Å². The number of Topliss-reactive ketones (excluding diaryl/α,β-unsaturated/α-hetero) is 1. The zero-order valence-corrected chi connectivity index (χ0v) is 15.0. The molecule has 0 aliphatic heterocycles. The minimum atomic E-state index is -0.688. The Hall–Kier alpha value is -1.69. The molecule has 1 amide bonds. The molecule has 0 aromatic carbocycles. The third kappa shape index (κ3) is 2.80. The van der Waals surface area contributed by atoms with Gasteiger partial charge in [0.05, 0.1) is 5.41 Å². The van der Waals surface area contributed by atoms with Crippen LogP contribution in [0, 0.1) is 11.3 Å². The number of aryl methyl sites for hydroxylation is 1. The topological polar surface area (TPSA) is 83.5 Å². The number of carbonyl (C=O) groups excluding carboxylic acids is 2. The predicted molar refractivity (Wildman–Crippen MR) is 93.7 cm³/mol. The van der Waals surface area contributed by atoms with Crippen LogP contribution in [0.1, 0.15) is 66.6 Å². The number of carboxylic acids is 1. The summed E-state index contributed by atoms with van der Waals surface area (Å²) in [6.07, 6.45) is 6.00. The number of ketones is 1. The minimum Gasteiger partial charge on any atom is -0.481 e. The van der Waals surface area contributed by atoms with Crippen LogP contribution in [0.3, 0.4) is 0 Å². The van der Waals surface area contributed by atoms with Crippen LogP contribution in [-0.4, -0.2) is 28.3 Å². The number of nitrogens with one attached hydrogen (secondary N) is 1. The summed E-state index contributed by atoms with van der Waals surface area (Å²) < 4.78 is 0. The van der Waals surface area contributed by atoms with E-state index in [2.05, 4.69) is 5.32 Å². The Kier molecular flexibility index (Phi) is 3.98. The number of aliphatic carboxylic acids is 1. The van der Waals surface area contributed by atoms with Gasteiger partial charge in [-0.25, -0.2) is 0 Å². The molecule has 0 radical (unpaired) electrons. The van der Waals surface area contributed by atoms with Gasteiger partial charge in [0.15, 0.2) is 5.78 Å². The van der Waals surface area contributed by atoms with E-state index in [-0.39, 0.29) is 29.6 Å². The van der Waals surface area contributed by atoms with Crippen molar-refractivity contribution in [1.82, 2.24) is 5.32 Å². The Balaban J connectivity index is 1.38. The Morgan fingerprint density at radius 2 is 1.88 bits per heavy atom. The molecule has 134 valence electrons. The first-order valence-electron chi connectivity index (χ1n) is 9.08. The molecule has 3 saturated carbocycles. The lowest BCUT2D eigenvalue weighted by molar-refractivity contribution is -0.157. The molecule has 1 aromatic rings. The van der Waals surface area contributed by atoms with E-state index in [4.69, 9.17) is 0 Å². The van der Waals surface area contributed by atoms with Crippen molar-refractivity contribution in [2.24, 2.45) is 11.3 Å². The lowest BCUT2D eigenvalue weighted by atomic mass is 9.57. The Labute approximate surface area is 150 Å². The molecule has 5 rings (SSSR count). The molecule has 1 atom stereocenters. The first kappa shape index (κ1) is 16.8. The number of rotatable bonds is 4. The molecule has 3 fully saturated rings. The summed E-state index contributed by atoms with van der Waals surface area (Å²) in [6.45, 7) is 0. The number of fused-ring (bicyclic) bond motifs is 4. The fraction of sp³-hybridized carbons (Fsp3) is 0.632. The third-order valence-electron chi connectivity index (χ3n) is 6.64. The lowest BCUT2D eigenvalue weighted by Gasteiger charge is -2.51. The first-order valence-corrected chi connectivity index (χ1v) is 9.96. The van der Waals surface area contributed by atoms with Gasteiger partial charge in [-0.1, -0.05) is 0 Å². The summed E-state index contributed by atoms with van der Waals surface area (Å²) in [5, 5.41) is 14.6. The van der Waals surface area contributed by atoms with Crippen molar-refractivity contribution < 1.29 is 19.5 Å². The van der Waals surface area contributed by atoms with Gasteiger partial charge < -0.3 is 10.4 Å². The van der Waals surface area contributed by atoms with Crippen LogP contribution in [0.25, 0.3) is 0 Å². The summed E-state index contributed by atoms with van der Waals surface area (Å²) in [6, 6.07) is 1.87. The van der Waals surface area contributed by atoms with Gasteiger partial charge in [0.25, 0.3) is 0 Å². The van der Waals surface area contributed by atoms with E-state index in [1.54, 1.807) is 11.3 Å². The van der Waals surface area contributed by atoms with E-state index in [9.17, 15) is 19.5 Å². The maximum atomic E-state index is 12.6. The fourth-order valence-electron chi connectivity index (χ4n) is 4.87. The standard InChI is InChI=1S/C19H23NO4S/c21-15(11-12-1-2-14-13(16(12)22)3-10-25-14)20-19-7-4-18(5-8-19,6-9-19)17(23)24/h3,10,12H,1-2,4-9,11H2,(H,20,21)(H,23,24). The largest absolute Gasteiger partial charge is 0.481 e. The molecule has 25 heavy (non-hydrogen) atoms. The quantitative estimate of drug-likeness (QED) is 0.863. The van der Waals surface area contributed by atoms with Gasteiger partial charge in [-0.15, -0.1) is 11.3 Å². The second-order valence-corrected chi connectivity index (χ2v) is 8.98. The highest BCUT2D eigenvalue weighted by molar-refractivity contribution is 7.10. The zero-order chi connectivity index (χ0) is 17.7. The fourth-order valence-corrected chi connectivity index (χ4v) is 5.77. The minimum absolute atomic E-state index is 0.0539. The van der Waals surface area contributed by atoms with Gasteiger partial charge in [0.1, 0.15) is 0 Å². The number of carboxylic acid groups (broad SMARTS) is 1. The van der Waals surface area contributed by atoms with E-state index in [0.29, 0.717) is 19.3 Å². The highest BCUT2D eigenvalue weighted by Gasteiger charge is 2.53. The van der Waals surface area contributed by atoms with Crippen molar-refractivity contribution in [2.45, 2.75) is 63.3 Å². The van der Waals surface area contributed by atoms with Crippen LogP contribution in [0.5, 0.6) is 0 Å². The molecule has 1 unspecified atom stereocenters. The number of hydrogen-bond donors (Lipinski definition) is 2. The van der Waals surface area contributed by atoms with Gasteiger partial charge in [-0.3, -0.25) is 14.4 Å². The molecule has 0 saturated heterocycles.